The van der Waals surface area contributed by atoms with Gasteiger partial charge in [0.25, 0.3) is 0 Å². The summed E-state index contributed by atoms with van der Waals surface area (Å²) in [7, 11) is 0. The molecule has 0 aromatic heterocycles. The highest BCUT2D eigenvalue weighted by Gasteiger charge is 2.19. The molecule has 130 valence electrons. The molecule has 1 atom stereocenters. The van der Waals surface area contributed by atoms with Crippen LogP contribution in [0.3, 0.4) is 0 Å². The number of carbonyl (C=O) groups excluding carboxylic acids is 1. The molecule has 0 aliphatic carbocycles. The number of amides is 2. The predicted molar refractivity (Wildman–Crippen MR) is 103 cm³/mol. The first kappa shape index (κ1) is 17.3. The summed E-state index contributed by atoms with van der Waals surface area (Å²) in [5, 5.41) is 3.13. The number of hydrogen-bond acceptors (Lipinski definition) is 1. The number of benzene rings is 2. The first-order valence-electron chi connectivity index (χ1n) is 9.06. The van der Waals surface area contributed by atoms with Crippen LogP contribution in [0.2, 0.25) is 0 Å². The van der Waals surface area contributed by atoms with E-state index in [2.05, 4.69) is 66.8 Å². The van der Waals surface area contributed by atoms with Gasteiger partial charge >= 0.3 is 6.03 Å². The summed E-state index contributed by atoms with van der Waals surface area (Å²) in [6.45, 7) is 3.54. The lowest BCUT2D eigenvalue weighted by Gasteiger charge is -2.28. The van der Waals surface area contributed by atoms with Crippen molar-refractivity contribution in [2.45, 2.75) is 32.2 Å². The number of nitrogens with zero attached hydrogens (tertiary/aromatic N) is 1. The van der Waals surface area contributed by atoms with Crippen molar-refractivity contribution in [3.63, 3.8) is 0 Å². The molecule has 2 aromatic rings. The van der Waals surface area contributed by atoms with Gasteiger partial charge in [-0.15, -0.1) is 0 Å². The first-order chi connectivity index (χ1) is 12.2. The zero-order chi connectivity index (χ0) is 17.5. The fraction of sp³-hybridized carbons (Fsp3) is 0.318. The summed E-state index contributed by atoms with van der Waals surface area (Å²) in [6, 6.07) is 21.0. The SMILES string of the molecule is CC(CCc1ccccc1)NC(=O)N1CC=C(c2ccccc2)CC1. The number of urea groups is 1. The molecule has 0 saturated carbocycles. The predicted octanol–water partition coefficient (Wildman–Crippen LogP) is 4.51. The van der Waals surface area contributed by atoms with Gasteiger partial charge < -0.3 is 10.2 Å². The molecular weight excluding hydrogens is 308 g/mol. The molecule has 2 aromatic carbocycles. The minimum atomic E-state index is 0.0453. The van der Waals surface area contributed by atoms with E-state index < -0.39 is 0 Å². The van der Waals surface area contributed by atoms with Crippen LogP contribution >= 0.6 is 0 Å². The van der Waals surface area contributed by atoms with Crippen molar-refractivity contribution in [2.24, 2.45) is 0 Å². The van der Waals surface area contributed by atoms with Gasteiger partial charge in [-0.3, -0.25) is 0 Å². The van der Waals surface area contributed by atoms with E-state index in [1.165, 1.54) is 16.7 Å². The van der Waals surface area contributed by atoms with Crippen LogP contribution in [0.4, 0.5) is 4.79 Å². The van der Waals surface area contributed by atoms with Crippen molar-refractivity contribution in [1.82, 2.24) is 10.2 Å². The molecular formula is C22H26N2O. The Labute approximate surface area is 150 Å². The lowest BCUT2D eigenvalue weighted by Crippen LogP contribution is -2.45. The van der Waals surface area contributed by atoms with Crippen LogP contribution in [0.5, 0.6) is 0 Å². The standard InChI is InChI=1S/C22H26N2O/c1-18(12-13-19-8-4-2-5-9-19)23-22(25)24-16-14-21(15-17-24)20-10-6-3-7-11-20/h2-11,14,18H,12-13,15-17H2,1H3,(H,23,25). The lowest BCUT2D eigenvalue weighted by molar-refractivity contribution is 0.199. The quantitative estimate of drug-likeness (QED) is 0.857. The van der Waals surface area contributed by atoms with Crippen LogP contribution in [0.25, 0.3) is 5.57 Å². The van der Waals surface area contributed by atoms with Gasteiger partial charge in [0.15, 0.2) is 0 Å². The third-order valence-corrected chi connectivity index (χ3v) is 4.72. The normalized spacial score (nSPS) is 15.4. The Morgan fingerprint density at radius 1 is 1.08 bits per heavy atom. The Bertz CT molecular complexity index is 709. The van der Waals surface area contributed by atoms with Crippen molar-refractivity contribution < 1.29 is 4.79 Å². The largest absolute Gasteiger partial charge is 0.336 e. The van der Waals surface area contributed by atoms with Crippen molar-refractivity contribution >= 4 is 11.6 Å². The highest BCUT2D eigenvalue weighted by molar-refractivity contribution is 5.77. The van der Waals surface area contributed by atoms with Gasteiger partial charge in [-0.2, -0.15) is 0 Å². The number of nitrogens with one attached hydrogen (secondary N) is 1. The van der Waals surface area contributed by atoms with Gasteiger partial charge in [0, 0.05) is 19.1 Å². The second-order valence-electron chi connectivity index (χ2n) is 6.67. The van der Waals surface area contributed by atoms with Gasteiger partial charge in [-0.25, -0.2) is 4.79 Å². The van der Waals surface area contributed by atoms with E-state index in [-0.39, 0.29) is 12.1 Å². The molecule has 3 heteroatoms. The zero-order valence-electron chi connectivity index (χ0n) is 14.8. The molecule has 3 rings (SSSR count). The number of carbonyl (C=O) groups is 1. The monoisotopic (exact) mass is 334 g/mol. The van der Waals surface area contributed by atoms with Crippen LogP contribution in [0.1, 0.15) is 30.9 Å². The Morgan fingerprint density at radius 2 is 1.76 bits per heavy atom. The molecule has 1 aliphatic rings. The summed E-state index contributed by atoms with van der Waals surface area (Å²) in [5.41, 5.74) is 3.91. The molecule has 0 radical (unpaired) electrons. The zero-order valence-corrected chi connectivity index (χ0v) is 14.8. The fourth-order valence-electron chi connectivity index (χ4n) is 3.17. The van der Waals surface area contributed by atoms with E-state index in [1.807, 2.05) is 17.0 Å². The second kappa shape index (κ2) is 8.52. The maximum Gasteiger partial charge on any atom is 0.317 e. The summed E-state index contributed by atoms with van der Waals surface area (Å²) >= 11 is 0. The summed E-state index contributed by atoms with van der Waals surface area (Å²) in [4.78, 5) is 14.3. The van der Waals surface area contributed by atoms with Crippen molar-refractivity contribution in [3.05, 3.63) is 77.9 Å². The molecule has 1 aliphatic heterocycles. The van der Waals surface area contributed by atoms with Crippen LogP contribution in [0, 0.1) is 0 Å². The Morgan fingerprint density at radius 3 is 2.40 bits per heavy atom. The second-order valence-corrected chi connectivity index (χ2v) is 6.67. The molecule has 0 saturated heterocycles. The van der Waals surface area contributed by atoms with Crippen LogP contribution in [-0.2, 0) is 6.42 Å². The molecule has 1 heterocycles. The van der Waals surface area contributed by atoms with E-state index in [0.29, 0.717) is 6.54 Å². The summed E-state index contributed by atoms with van der Waals surface area (Å²) < 4.78 is 0. The molecule has 1 unspecified atom stereocenters. The third-order valence-electron chi connectivity index (χ3n) is 4.72. The molecule has 0 bridgehead atoms. The minimum Gasteiger partial charge on any atom is -0.336 e. The van der Waals surface area contributed by atoms with Gasteiger partial charge in [0.05, 0.1) is 0 Å². The number of aryl methyl sites for hydroxylation is 1. The Hall–Kier alpha value is -2.55. The third kappa shape index (κ3) is 4.96. The summed E-state index contributed by atoms with van der Waals surface area (Å²) in [5.74, 6) is 0. The molecule has 25 heavy (non-hydrogen) atoms. The highest BCUT2D eigenvalue weighted by Crippen LogP contribution is 2.22. The molecule has 1 N–H and O–H groups in total. The van der Waals surface area contributed by atoms with Gasteiger partial charge in [-0.05, 0) is 42.9 Å². The lowest BCUT2D eigenvalue weighted by atomic mass is 10.00. The van der Waals surface area contributed by atoms with Crippen LogP contribution in [-0.4, -0.2) is 30.1 Å². The van der Waals surface area contributed by atoms with E-state index in [0.717, 1.165) is 25.8 Å². The average molecular weight is 334 g/mol. The molecule has 0 spiro atoms. The van der Waals surface area contributed by atoms with E-state index in [1.54, 1.807) is 0 Å². The van der Waals surface area contributed by atoms with Crippen molar-refractivity contribution in [3.8, 4) is 0 Å². The van der Waals surface area contributed by atoms with E-state index >= 15 is 0 Å². The van der Waals surface area contributed by atoms with Crippen LogP contribution in [0.15, 0.2) is 66.7 Å². The first-order valence-corrected chi connectivity index (χ1v) is 9.06. The summed E-state index contributed by atoms with van der Waals surface area (Å²) in [6.07, 6.45) is 5.03. The van der Waals surface area contributed by atoms with E-state index in [9.17, 15) is 4.79 Å². The van der Waals surface area contributed by atoms with Gasteiger partial charge in [0.2, 0.25) is 0 Å². The maximum absolute atomic E-state index is 12.4. The van der Waals surface area contributed by atoms with E-state index in [4.69, 9.17) is 0 Å². The number of hydrogen-bond donors (Lipinski definition) is 1. The average Bonchev–Trinajstić information content (AvgIpc) is 2.68. The smallest absolute Gasteiger partial charge is 0.317 e. The van der Waals surface area contributed by atoms with Gasteiger partial charge in [0.1, 0.15) is 0 Å². The van der Waals surface area contributed by atoms with Crippen molar-refractivity contribution in [1.29, 1.82) is 0 Å². The minimum absolute atomic E-state index is 0.0453. The Kier molecular flexibility index (Phi) is 5.89. The highest BCUT2D eigenvalue weighted by atomic mass is 16.2. The molecule has 0 fully saturated rings. The van der Waals surface area contributed by atoms with Crippen LogP contribution < -0.4 is 5.32 Å². The fourth-order valence-corrected chi connectivity index (χ4v) is 3.17. The van der Waals surface area contributed by atoms with Gasteiger partial charge in [-0.1, -0.05) is 66.7 Å². The molecule has 3 nitrogen and oxygen atoms in total. The maximum atomic E-state index is 12.4. The van der Waals surface area contributed by atoms with Crippen molar-refractivity contribution in [2.75, 3.05) is 13.1 Å². The number of rotatable bonds is 5. The Balaban J connectivity index is 1.47. The molecule has 2 amide bonds. The topological polar surface area (TPSA) is 32.3 Å².